The summed E-state index contributed by atoms with van der Waals surface area (Å²) in [6, 6.07) is 7.97. The maximum absolute atomic E-state index is 13.5. The van der Waals surface area contributed by atoms with Crippen molar-refractivity contribution in [3.63, 3.8) is 0 Å². The molecule has 0 spiro atoms. The van der Waals surface area contributed by atoms with Gasteiger partial charge in [-0.25, -0.2) is 0 Å². The smallest absolute Gasteiger partial charge is 0.419 e. The van der Waals surface area contributed by atoms with Crippen LogP contribution < -0.4 is 10.5 Å². The van der Waals surface area contributed by atoms with E-state index in [4.69, 9.17) is 15.0 Å². The van der Waals surface area contributed by atoms with Crippen molar-refractivity contribution in [1.82, 2.24) is 0 Å². The van der Waals surface area contributed by atoms with Crippen LogP contribution >= 0.6 is 20.0 Å². The third kappa shape index (κ3) is 7.71. The second-order valence-electron chi connectivity index (χ2n) is 7.22. The molecule has 168 valence electrons. The number of hydrogen-bond donors (Lipinski definition) is 2. The normalized spacial score (nSPS) is 14.3. The molecule has 30 heavy (non-hydrogen) atoms. The fourth-order valence-electron chi connectivity index (χ4n) is 2.92. The molecule has 0 bridgehead atoms. The Hall–Kier alpha value is -1.38. The van der Waals surface area contributed by atoms with Crippen LogP contribution in [0.2, 0.25) is 0 Å². The molecule has 0 amide bonds. The molecule has 2 aromatic rings. The van der Waals surface area contributed by atoms with Crippen LogP contribution in [0.3, 0.4) is 0 Å². The first-order chi connectivity index (χ1) is 14.2. The van der Waals surface area contributed by atoms with E-state index in [0.717, 1.165) is 12.5 Å². The number of thiophene rings is 1. The van der Waals surface area contributed by atoms with E-state index in [1.807, 2.05) is 19.1 Å². The maximum atomic E-state index is 13.5. The molecular formula is C20H27F3NO4PS. The molecular weight excluding hydrogens is 438 g/mol. The molecule has 1 aromatic heterocycles. The zero-order chi connectivity index (χ0) is 22.2. The molecule has 0 fully saturated rings. The minimum atomic E-state index is -4.55. The molecule has 0 aliphatic rings. The van der Waals surface area contributed by atoms with E-state index in [2.05, 4.69) is 0 Å². The van der Waals surface area contributed by atoms with Gasteiger partial charge in [-0.1, -0.05) is 6.07 Å². The predicted molar refractivity (Wildman–Crippen MR) is 113 cm³/mol. The first kappa shape index (κ1) is 24.9. The van der Waals surface area contributed by atoms with E-state index in [1.54, 1.807) is 17.4 Å². The minimum Gasteiger partial charge on any atom is -0.493 e. The van der Waals surface area contributed by atoms with Gasteiger partial charge in [0, 0.05) is 9.75 Å². The number of halogens is 3. The van der Waals surface area contributed by atoms with Gasteiger partial charge in [-0.15, -0.1) is 11.3 Å². The first-order valence-electron chi connectivity index (χ1n) is 9.50. The summed E-state index contributed by atoms with van der Waals surface area (Å²) in [7, 11) is -1.47. The van der Waals surface area contributed by atoms with Gasteiger partial charge in [0.2, 0.25) is 0 Å². The maximum Gasteiger partial charge on any atom is 0.419 e. The Morgan fingerprint density at radius 3 is 2.57 bits per heavy atom. The van der Waals surface area contributed by atoms with Crippen LogP contribution in [0.25, 0.3) is 0 Å². The Kier molecular flexibility index (Phi) is 9.37. The second kappa shape index (κ2) is 11.3. The summed E-state index contributed by atoms with van der Waals surface area (Å²) < 4.78 is 61.3. The standard InChI is InChI=1S/C20H27F3NO4PS/c1-14-4-6-16(30-14)3-2-10-27-18-7-5-15(11-17(18)20(21,22)23)8-9-19(24,12-25)13-28-29-26/h4-7,11,25H,2-3,8-10,12-13,24,29H2,1H3. The summed E-state index contributed by atoms with van der Waals surface area (Å²) in [6.45, 7) is 1.64. The Labute approximate surface area is 179 Å². The van der Waals surface area contributed by atoms with Crippen LogP contribution in [0.1, 0.15) is 33.7 Å². The van der Waals surface area contributed by atoms with E-state index in [9.17, 15) is 22.8 Å². The zero-order valence-electron chi connectivity index (χ0n) is 16.7. The third-order valence-electron chi connectivity index (χ3n) is 4.64. The Morgan fingerprint density at radius 1 is 1.20 bits per heavy atom. The molecule has 0 aliphatic heterocycles. The van der Waals surface area contributed by atoms with Crippen LogP contribution in [0.15, 0.2) is 30.3 Å². The van der Waals surface area contributed by atoms with Gasteiger partial charge >= 0.3 is 6.18 Å². The molecule has 0 aliphatic carbocycles. The number of aliphatic hydroxyl groups excluding tert-OH is 1. The first-order valence-corrected chi connectivity index (χ1v) is 11.3. The minimum absolute atomic E-state index is 0.126. The van der Waals surface area contributed by atoms with Crippen LogP contribution in [0, 0.1) is 6.92 Å². The summed E-state index contributed by atoms with van der Waals surface area (Å²) >= 11 is 1.67. The number of alkyl halides is 3. The summed E-state index contributed by atoms with van der Waals surface area (Å²) in [6.07, 6.45) is -2.80. The summed E-state index contributed by atoms with van der Waals surface area (Å²) in [5, 5.41) is 9.42. The molecule has 2 rings (SSSR count). The number of benzene rings is 1. The summed E-state index contributed by atoms with van der Waals surface area (Å²) in [5.74, 6) is -0.201. The van der Waals surface area contributed by atoms with Crippen molar-refractivity contribution in [3.05, 3.63) is 51.2 Å². The summed E-state index contributed by atoms with van der Waals surface area (Å²) in [5.41, 5.74) is 4.39. The van der Waals surface area contributed by atoms with Crippen molar-refractivity contribution in [2.45, 2.75) is 44.3 Å². The molecule has 1 heterocycles. The van der Waals surface area contributed by atoms with Crippen molar-refractivity contribution >= 4 is 20.0 Å². The Balaban J connectivity index is 2.00. The van der Waals surface area contributed by atoms with Crippen molar-refractivity contribution in [2.24, 2.45) is 5.73 Å². The SMILES string of the molecule is Cc1ccc(CCCOc2ccc(CCC(N)(CO)CO[PH2]=O)cc2C(F)(F)F)s1. The number of ether oxygens (including phenoxy) is 1. The Bertz CT molecular complexity index is 831. The molecule has 10 heteroatoms. The van der Waals surface area contributed by atoms with Crippen LogP contribution in [0.4, 0.5) is 13.2 Å². The highest BCUT2D eigenvalue weighted by molar-refractivity contribution is 7.17. The third-order valence-corrected chi connectivity index (χ3v) is 6.00. The quantitative estimate of drug-likeness (QED) is 0.359. The van der Waals surface area contributed by atoms with Gasteiger partial charge in [-0.2, -0.15) is 13.2 Å². The fourth-order valence-corrected chi connectivity index (χ4v) is 4.25. The molecule has 0 saturated heterocycles. The van der Waals surface area contributed by atoms with Crippen LogP contribution in [-0.4, -0.2) is 30.5 Å². The average Bonchev–Trinajstić information content (AvgIpc) is 3.13. The number of nitrogens with two attached hydrogens (primary N) is 1. The number of rotatable bonds is 12. The van der Waals surface area contributed by atoms with Gasteiger partial charge in [0.05, 0.1) is 30.9 Å². The molecule has 0 saturated carbocycles. The average molecular weight is 465 g/mol. The van der Waals surface area contributed by atoms with E-state index < -0.39 is 32.6 Å². The van der Waals surface area contributed by atoms with E-state index >= 15 is 0 Å². The summed E-state index contributed by atoms with van der Waals surface area (Å²) in [4.78, 5) is 2.38. The van der Waals surface area contributed by atoms with E-state index in [1.165, 1.54) is 15.8 Å². The van der Waals surface area contributed by atoms with Gasteiger partial charge in [0.1, 0.15) is 5.75 Å². The van der Waals surface area contributed by atoms with Crippen LogP contribution in [-0.2, 0) is 28.1 Å². The lowest BCUT2D eigenvalue weighted by molar-refractivity contribution is -0.139. The van der Waals surface area contributed by atoms with Gasteiger partial charge in [-0.3, -0.25) is 4.57 Å². The highest BCUT2D eigenvalue weighted by Gasteiger charge is 2.35. The van der Waals surface area contributed by atoms with Gasteiger partial charge < -0.3 is 20.1 Å². The van der Waals surface area contributed by atoms with Gasteiger partial charge in [0.15, 0.2) is 8.69 Å². The van der Waals surface area contributed by atoms with Crippen molar-refractivity contribution in [2.75, 3.05) is 19.8 Å². The highest BCUT2D eigenvalue weighted by atomic mass is 32.1. The zero-order valence-corrected chi connectivity index (χ0v) is 18.7. The highest BCUT2D eigenvalue weighted by Crippen LogP contribution is 2.37. The number of aryl methyl sites for hydroxylation is 3. The molecule has 1 aromatic carbocycles. The Morgan fingerprint density at radius 2 is 1.97 bits per heavy atom. The number of aliphatic hydroxyl groups is 1. The molecule has 3 N–H and O–H groups in total. The van der Waals surface area contributed by atoms with Gasteiger partial charge in [0.25, 0.3) is 0 Å². The van der Waals surface area contributed by atoms with Gasteiger partial charge in [-0.05, 0) is 62.4 Å². The predicted octanol–water partition coefficient (Wildman–Crippen LogP) is 4.40. The lowest BCUT2D eigenvalue weighted by atomic mass is 9.93. The monoisotopic (exact) mass is 465 g/mol. The van der Waals surface area contributed by atoms with Crippen molar-refractivity contribution in [1.29, 1.82) is 0 Å². The lowest BCUT2D eigenvalue weighted by Gasteiger charge is -2.26. The largest absolute Gasteiger partial charge is 0.493 e. The number of hydrogen-bond acceptors (Lipinski definition) is 6. The molecule has 2 atom stereocenters. The molecule has 2 unspecified atom stereocenters. The second-order valence-corrected chi connectivity index (χ2v) is 9.12. The van der Waals surface area contributed by atoms with E-state index in [0.29, 0.717) is 12.0 Å². The van der Waals surface area contributed by atoms with Crippen molar-refractivity contribution < 1.29 is 32.1 Å². The lowest BCUT2D eigenvalue weighted by Crippen LogP contribution is -2.47. The molecule has 0 radical (unpaired) electrons. The topological polar surface area (TPSA) is 81.8 Å². The fraction of sp³-hybridized carbons (Fsp3) is 0.500. The molecule has 5 nitrogen and oxygen atoms in total. The van der Waals surface area contributed by atoms with E-state index in [-0.39, 0.29) is 31.8 Å². The van der Waals surface area contributed by atoms with Crippen LogP contribution in [0.5, 0.6) is 5.75 Å². The van der Waals surface area contributed by atoms with Crippen molar-refractivity contribution in [3.8, 4) is 5.75 Å².